The second kappa shape index (κ2) is 10.3. The standard InChI is InChI=1S/C29H26N4O3/c1-19-26-24(31-32-28(34)22-17-15-21(16-18-22)20-9-4-2-5-10-20)13-8-14-25(26)36-27(19)29(35)33-30-23-11-6-3-7-12-23/h2-7,9-12,15-18,30H,8,13-14H2,1H3,(H,32,34)(H,33,35)/b31-24+. The number of hydrogen-bond acceptors (Lipinski definition) is 5. The average molecular weight is 479 g/mol. The lowest BCUT2D eigenvalue weighted by atomic mass is 9.93. The van der Waals surface area contributed by atoms with Gasteiger partial charge >= 0.3 is 5.91 Å². The van der Waals surface area contributed by atoms with Crippen molar-refractivity contribution >= 4 is 23.2 Å². The van der Waals surface area contributed by atoms with Crippen molar-refractivity contribution in [1.82, 2.24) is 10.9 Å². The van der Waals surface area contributed by atoms with Crippen LogP contribution >= 0.6 is 0 Å². The minimum Gasteiger partial charge on any atom is -0.455 e. The maximum Gasteiger partial charge on any atom is 0.305 e. The number of nitrogens with one attached hydrogen (secondary N) is 3. The summed E-state index contributed by atoms with van der Waals surface area (Å²) in [7, 11) is 0. The Labute approximate surface area is 209 Å². The number of rotatable bonds is 6. The van der Waals surface area contributed by atoms with Gasteiger partial charge in [0.1, 0.15) is 5.76 Å². The van der Waals surface area contributed by atoms with Crippen molar-refractivity contribution in [2.45, 2.75) is 26.2 Å². The van der Waals surface area contributed by atoms with Gasteiger partial charge in [-0.05, 0) is 55.2 Å². The fourth-order valence-corrected chi connectivity index (χ4v) is 4.33. The molecule has 0 unspecified atom stereocenters. The normalized spacial score (nSPS) is 13.6. The van der Waals surface area contributed by atoms with Gasteiger partial charge in [0, 0.05) is 23.1 Å². The average Bonchev–Trinajstić information content (AvgIpc) is 3.28. The predicted molar refractivity (Wildman–Crippen MR) is 140 cm³/mol. The van der Waals surface area contributed by atoms with E-state index in [1.54, 1.807) is 12.1 Å². The molecule has 0 spiro atoms. The highest BCUT2D eigenvalue weighted by molar-refractivity contribution is 6.07. The largest absolute Gasteiger partial charge is 0.455 e. The summed E-state index contributed by atoms with van der Waals surface area (Å²) in [6, 6.07) is 26.8. The molecule has 1 aliphatic rings. The summed E-state index contributed by atoms with van der Waals surface area (Å²) in [5.74, 6) is 0.290. The Bertz CT molecular complexity index is 1410. The van der Waals surface area contributed by atoms with Crippen molar-refractivity contribution in [1.29, 1.82) is 0 Å². The van der Waals surface area contributed by atoms with Crippen LogP contribution in [0.5, 0.6) is 0 Å². The van der Waals surface area contributed by atoms with E-state index in [1.165, 1.54) is 0 Å². The van der Waals surface area contributed by atoms with Crippen LogP contribution in [0, 0.1) is 6.92 Å². The van der Waals surface area contributed by atoms with E-state index in [9.17, 15) is 9.59 Å². The molecule has 5 rings (SSSR count). The second-order valence-corrected chi connectivity index (χ2v) is 8.60. The monoisotopic (exact) mass is 478 g/mol. The number of carbonyl (C=O) groups excluding carboxylic acids is 2. The first kappa shape index (κ1) is 23.1. The van der Waals surface area contributed by atoms with E-state index in [1.807, 2.05) is 79.7 Å². The van der Waals surface area contributed by atoms with Gasteiger partial charge in [-0.25, -0.2) is 5.43 Å². The van der Waals surface area contributed by atoms with Crippen molar-refractivity contribution in [2.75, 3.05) is 5.43 Å². The summed E-state index contributed by atoms with van der Waals surface area (Å²) in [6.45, 7) is 1.84. The lowest BCUT2D eigenvalue weighted by Gasteiger charge is -2.13. The number of hydrogen-bond donors (Lipinski definition) is 3. The van der Waals surface area contributed by atoms with Gasteiger partial charge in [0.2, 0.25) is 0 Å². The maximum absolute atomic E-state index is 12.8. The van der Waals surface area contributed by atoms with Crippen molar-refractivity contribution < 1.29 is 14.0 Å². The molecule has 1 aromatic heterocycles. The summed E-state index contributed by atoms with van der Waals surface area (Å²) < 4.78 is 5.92. The van der Waals surface area contributed by atoms with Crippen molar-refractivity contribution in [2.24, 2.45) is 5.10 Å². The molecule has 0 saturated heterocycles. The number of hydrazone groups is 1. The van der Waals surface area contributed by atoms with E-state index in [4.69, 9.17) is 4.42 Å². The summed E-state index contributed by atoms with van der Waals surface area (Å²) in [5, 5.41) is 4.42. The summed E-state index contributed by atoms with van der Waals surface area (Å²) in [6.07, 6.45) is 2.22. The first-order chi connectivity index (χ1) is 17.6. The third kappa shape index (κ3) is 4.90. The van der Waals surface area contributed by atoms with Crippen LogP contribution < -0.4 is 16.3 Å². The predicted octanol–water partition coefficient (Wildman–Crippen LogP) is 5.48. The fraction of sp³-hybridized carbons (Fsp3) is 0.138. The lowest BCUT2D eigenvalue weighted by Crippen LogP contribution is -2.29. The lowest BCUT2D eigenvalue weighted by molar-refractivity contribution is 0.0930. The highest BCUT2D eigenvalue weighted by Crippen LogP contribution is 2.30. The Morgan fingerprint density at radius 2 is 1.47 bits per heavy atom. The van der Waals surface area contributed by atoms with E-state index in [0.29, 0.717) is 35.4 Å². The maximum atomic E-state index is 12.8. The number of anilines is 1. The highest BCUT2D eigenvalue weighted by atomic mass is 16.4. The molecule has 0 aliphatic heterocycles. The zero-order valence-electron chi connectivity index (χ0n) is 19.9. The third-order valence-corrected chi connectivity index (χ3v) is 6.17. The van der Waals surface area contributed by atoms with Crippen LogP contribution in [-0.2, 0) is 6.42 Å². The molecular weight excluding hydrogens is 452 g/mol. The van der Waals surface area contributed by atoms with Gasteiger partial charge in [-0.15, -0.1) is 0 Å². The molecule has 36 heavy (non-hydrogen) atoms. The summed E-state index contributed by atoms with van der Waals surface area (Å²) in [4.78, 5) is 25.5. The smallest absolute Gasteiger partial charge is 0.305 e. The molecule has 0 atom stereocenters. The SMILES string of the molecule is Cc1c(C(=O)NNc2ccccc2)oc2c1/C(=N/NC(=O)c1ccc(-c3ccccc3)cc1)CCC2. The second-order valence-electron chi connectivity index (χ2n) is 8.60. The van der Waals surface area contributed by atoms with Crippen LogP contribution in [0.25, 0.3) is 11.1 Å². The Kier molecular flexibility index (Phi) is 6.62. The van der Waals surface area contributed by atoms with Crippen molar-refractivity contribution in [3.63, 3.8) is 0 Å². The molecule has 0 saturated carbocycles. The quantitative estimate of drug-likeness (QED) is 0.320. The van der Waals surface area contributed by atoms with E-state index in [0.717, 1.165) is 28.8 Å². The number of carbonyl (C=O) groups is 2. The van der Waals surface area contributed by atoms with Crippen LogP contribution in [0.15, 0.2) is 94.4 Å². The number of nitrogens with zero attached hydrogens (tertiary/aromatic N) is 1. The number of fused-ring (bicyclic) bond motifs is 1. The number of para-hydroxylation sites is 1. The minimum absolute atomic E-state index is 0.237. The van der Waals surface area contributed by atoms with Gasteiger partial charge < -0.3 is 4.42 Å². The number of furan rings is 1. The molecule has 2 amide bonds. The molecule has 1 heterocycles. The van der Waals surface area contributed by atoms with Crippen molar-refractivity contribution in [3.8, 4) is 11.1 Å². The first-order valence-corrected chi connectivity index (χ1v) is 11.9. The first-order valence-electron chi connectivity index (χ1n) is 11.9. The van der Waals surface area contributed by atoms with Gasteiger partial charge in [-0.1, -0.05) is 60.7 Å². The highest BCUT2D eigenvalue weighted by Gasteiger charge is 2.28. The fourth-order valence-electron chi connectivity index (χ4n) is 4.33. The molecule has 0 bridgehead atoms. The molecule has 7 heteroatoms. The molecular formula is C29H26N4O3. The number of hydrazine groups is 1. The van der Waals surface area contributed by atoms with Crippen LogP contribution in [0.3, 0.4) is 0 Å². The molecule has 0 fully saturated rings. The van der Waals surface area contributed by atoms with Gasteiger partial charge in [0.05, 0.1) is 11.4 Å². The summed E-state index contributed by atoms with van der Waals surface area (Å²) in [5.41, 5.74) is 13.9. The summed E-state index contributed by atoms with van der Waals surface area (Å²) >= 11 is 0. The Morgan fingerprint density at radius 3 is 2.19 bits per heavy atom. The zero-order chi connectivity index (χ0) is 24.9. The van der Waals surface area contributed by atoms with Gasteiger partial charge in [0.25, 0.3) is 5.91 Å². The Balaban J connectivity index is 1.29. The molecule has 3 N–H and O–H groups in total. The minimum atomic E-state index is -0.368. The van der Waals surface area contributed by atoms with Crippen LogP contribution in [0.1, 0.15) is 50.6 Å². The van der Waals surface area contributed by atoms with Gasteiger partial charge in [-0.2, -0.15) is 5.10 Å². The van der Waals surface area contributed by atoms with Crippen LogP contribution in [0.4, 0.5) is 5.69 Å². The Hall–Kier alpha value is -4.65. The third-order valence-electron chi connectivity index (χ3n) is 6.17. The number of aryl methyl sites for hydroxylation is 1. The van der Waals surface area contributed by atoms with E-state index >= 15 is 0 Å². The molecule has 3 aromatic carbocycles. The Morgan fingerprint density at radius 1 is 0.806 bits per heavy atom. The number of benzene rings is 3. The topological polar surface area (TPSA) is 95.7 Å². The molecule has 4 aromatic rings. The molecule has 180 valence electrons. The van der Waals surface area contributed by atoms with Crippen molar-refractivity contribution in [3.05, 3.63) is 113 Å². The molecule has 0 radical (unpaired) electrons. The van der Waals surface area contributed by atoms with E-state index < -0.39 is 0 Å². The van der Waals surface area contributed by atoms with Crippen LogP contribution in [0.2, 0.25) is 0 Å². The van der Waals surface area contributed by atoms with Gasteiger partial charge in [0.15, 0.2) is 5.76 Å². The van der Waals surface area contributed by atoms with E-state index in [-0.39, 0.29) is 17.6 Å². The zero-order valence-corrected chi connectivity index (χ0v) is 19.9. The van der Waals surface area contributed by atoms with Gasteiger partial charge in [-0.3, -0.25) is 20.4 Å². The van der Waals surface area contributed by atoms with E-state index in [2.05, 4.69) is 21.4 Å². The molecule has 1 aliphatic carbocycles. The number of amides is 2. The molecule has 7 nitrogen and oxygen atoms in total. The van der Waals surface area contributed by atoms with Crippen LogP contribution in [-0.4, -0.2) is 17.5 Å².